The van der Waals surface area contributed by atoms with Gasteiger partial charge in [-0.3, -0.25) is 14.8 Å². The molecular formula is C18H21FN4O3. The quantitative estimate of drug-likeness (QED) is 0.817. The van der Waals surface area contributed by atoms with Gasteiger partial charge in [-0.15, -0.1) is 0 Å². The van der Waals surface area contributed by atoms with Crippen LogP contribution in [0.3, 0.4) is 0 Å². The van der Waals surface area contributed by atoms with E-state index in [1.807, 2.05) is 0 Å². The van der Waals surface area contributed by atoms with Crippen molar-refractivity contribution in [1.29, 1.82) is 0 Å². The second-order valence-corrected chi connectivity index (χ2v) is 6.55. The Hall–Kier alpha value is -3.16. The Morgan fingerprint density at radius 1 is 1.19 bits per heavy atom. The molecule has 0 atom stereocenters. The van der Waals surface area contributed by atoms with Gasteiger partial charge in [-0.2, -0.15) is 5.10 Å². The van der Waals surface area contributed by atoms with Crippen LogP contribution in [-0.4, -0.2) is 27.4 Å². The highest BCUT2D eigenvalue weighted by atomic mass is 19.1. The molecule has 26 heavy (non-hydrogen) atoms. The lowest BCUT2D eigenvalue weighted by Gasteiger charge is -2.20. The number of aromatic nitrogens is 2. The first-order valence-corrected chi connectivity index (χ1v) is 7.91. The van der Waals surface area contributed by atoms with Crippen molar-refractivity contribution in [1.82, 2.24) is 9.78 Å². The number of anilines is 2. The Kier molecular flexibility index (Phi) is 5.76. The summed E-state index contributed by atoms with van der Waals surface area (Å²) >= 11 is 0. The van der Waals surface area contributed by atoms with Gasteiger partial charge in [0.25, 0.3) is 0 Å². The molecule has 0 saturated heterocycles. The third-order valence-corrected chi connectivity index (χ3v) is 3.01. The molecule has 0 fully saturated rings. The predicted molar refractivity (Wildman–Crippen MR) is 97.1 cm³/mol. The van der Waals surface area contributed by atoms with Crippen LogP contribution in [0.5, 0.6) is 0 Å². The molecule has 0 unspecified atom stereocenters. The van der Waals surface area contributed by atoms with E-state index in [1.165, 1.54) is 18.2 Å². The molecule has 0 aliphatic heterocycles. The molecule has 0 radical (unpaired) electrons. The van der Waals surface area contributed by atoms with Crippen molar-refractivity contribution in [3.05, 3.63) is 48.0 Å². The first kappa shape index (κ1) is 19.2. The van der Waals surface area contributed by atoms with Gasteiger partial charge in [0.15, 0.2) is 0 Å². The lowest BCUT2D eigenvalue weighted by atomic mass is 10.2. The lowest BCUT2D eigenvalue weighted by Crippen LogP contribution is -2.27. The van der Waals surface area contributed by atoms with Crippen molar-refractivity contribution in [2.45, 2.75) is 26.4 Å². The Morgan fingerprint density at radius 2 is 1.92 bits per heavy atom. The second kappa shape index (κ2) is 7.81. The number of nitrogens with zero attached hydrogens (tertiary/aromatic N) is 2. The van der Waals surface area contributed by atoms with E-state index in [1.54, 1.807) is 50.8 Å². The maximum absolute atomic E-state index is 13.5. The zero-order valence-corrected chi connectivity index (χ0v) is 15.0. The monoisotopic (exact) mass is 360 g/mol. The maximum atomic E-state index is 13.5. The van der Waals surface area contributed by atoms with Crippen LogP contribution in [-0.2, 0) is 16.6 Å². The number of aryl methyl sites for hydroxylation is 1. The first-order chi connectivity index (χ1) is 12.1. The number of amides is 2. The molecule has 0 saturated carbocycles. The van der Waals surface area contributed by atoms with Gasteiger partial charge in [0.1, 0.15) is 11.4 Å². The normalized spacial score (nSPS) is 11.4. The van der Waals surface area contributed by atoms with E-state index in [4.69, 9.17) is 4.74 Å². The van der Waals surface area contributed by atoms with E-state index in [-0.39, 0.29) is 11.4 Å². The van der Waals surface area contributed by atoms with Crippen LogP contribution in [0.4, 0.5) is 20.6 Å². The van der Waals surface area contributed by atoms with E-state index in [0.717, 1.165) is 6.07 Å². The molecule has 0 spiro atoms. The Labute approximate surface area is 150 Å². The topological polar surface area (TPSA) is 85.2 Å². The van der Waals surface area contributed by atoms with Crippen molar-refractivity contribution >= 4 is 29.5 Å². The summed E-state index contributed by atoms with van der Waals surface area (Å²) in [5.41, 5.74) is 0.257. The van der Waals surface area contributed by atoms with Gasteiger partial charge in [0.2, 0.25) is 5.91 Å². The third kappa shape index (κ3) is 6.04. The number of hydrogen-bond donors (Lipinski definition) is 2. The molecule has 138 valence electrons. The number of hydrogen-bond acceptors (Lipinski definition) is 4. The summed E-state index contributed by atoms with van der Waals surface area (Å²) in [6, 6.07) is 5.38. The molecule has 2 aromatic rings. The summed E-state index contributed by atoms with van der Waals surface area (Å²) in [6.45, 7) is 5.13. The summed E-state index contributed by atoms with van der Waals surface area (Å²) in [6.07, 6.45) is 3.84. The number of halogens is 1. The molecule has 1 heterocycles. The van der Waals surface area contributed by atoms with Gasteiger partial charge >= 0.3 is 6.09 Å². The van der Waals surface area contributed by atoms with Crippen molar-refractivity contribution in [2.75, 3.05) is 10.6 Å². The van der Waals surface area contributed by atoms with Crippen LogP contribution in [0, 0.1) is 5.82 Å². The number of ether oxygens (including phenoxy) is 1. The summed E-state index contributed by atoms with van der Waals surface area (Å²) in [5.74, 6) is -1.01. The van der Waals surface area contributed by atoms with E-state index in [2.05, 4.69) is 15.7 Å². The second-order valence-electron chi connectivity index (χ2n) is 6.55. The van der Waals surface area contributed by atoms with Crippen LogP contribution in [0.1, 0.15) is 26.5 Å². The Balaban J connectivity index is 2.09. The summed E-state index contributed by atoms with van der Waals surface area (Å²) in [4.78, 5) is 24.0. The number of benzene rings is 1. The zero-order valence-electron chi connectivity index (χ0n) is 15.0. The molecule has 2 amide bonds. The molecule has 0 bridgehead atoms. The summed E-state index contributed by atoms with van der Waals surface area (Å²) in [7, 11) is 1.77. The van der Waals surface area contributed by atoms with Crippen LogP contribution >= 0.6 is 0 Å². The van der Waals surface area contributed by atoms with Crippen LogP contribution in [0.15, 0.2) is 36.5 Å². The average molecular weight is 360 g/mol. The number of carbonyl (C=O) groups is 2. The molecule has 2 rings (SSSR count). The fourth-order valence-corrected chi connectivity index (χ4v) is 2.00. The fourth-order valence-electron chi connectivity index (χ4n) is 2.00. The van der Waals surface area contributed by atoms with Crippen molar-refractivity contribution in [3.8, 4) is 0 Å². The van der Waals surface area contributed by atoms with Gasteiger partial charge in [0.05, 0.1) is 17.1 Å². The number of nitrogens with one attached hydrogen (secondary N) is 2. The zero-order chi connectivity index (χ0) is 19.3. The van der Waals surface area contributed by atoms with Gasteiger partial charge in [0, 0.05) is 19.3 Å². The fraction of sp³-hybridized carbons (Fsp3) is 0.278. The highest BCUT2D eigenvalue weighted by Gasteiger charge is 2.18. The molecular weight excluding hydrogens is 339 g/mol. The predicted octanol–water partition coefficient (Wildman–Crippen LogP) is 3.56. The summed E-state index contributed by atoms with van der Waals surface area (Å²) < 4.78 is 20.3. The minimum Gasteiger partial charge on any atom is -0.444 e. The molecule has 0 aliphatic rings. The minimum atomic E-state index is -0.748. The van der Waals surface area contributed by atoms with Crippen molar-refractivity contribution in [3.63, 3.8) is 0 Å². The first-order valence-electron chi connectivity index (χ1n) is 7.91. The highest BCUT2D eigenvalue weighted by molar-refractivity contribution is 6.04. The van der Waals surface area contributed by atoms with Crippen molar-refractivity contribution in [2.24, 2.45) is 7.05 Å². The molecule has 1 aromatic heterocycles. The summed E-state index contributed by atoms with van der Waals surface area (Å²) in [5, 5.41) is 9.14. The third-order valence-electron chi connectivity index (χ3n) is 3.01. The molecule has 0 aliphatic carbocycles. The smallest absolute Gasteiger partial charge is 0.412 e. The molecule has 1 aromatic carbocycles. The Morgan fingerprint density at radius 3 is 2.54 bits per heavy atom. The lowest BCUT2D eigenvalue weighted by molar-refractivity contribution is -0.111. The van der Waals surface area contributed by atoms with Gasteiger partial charge in [-0.1, -0.05) is 0 Å². The largest absolute Gasteiger partial charge is 0.444 e. The molecule has 2 N–H and O–H groups in total. The standard InChI is InChI=1S/C18H21FN4O3/c1-18(2,3)26-17(25)21-15-11-12(19)5-7-14(15)20-16(24)8-6-13-9-10-23(4)22-13/h5-11H,1-4H3,(H,20,24)(H,21,25)/b8-6+. The van der Waals surface area contributed by atoms with Crippen molar-refractivity contribution < 1.29 is 18.7 Å². The van der Waals surface area contributed by atoms with E-state index in [0.29, 0.717) is 5.69 Å². The SMILES string of the molecule is Cn1ccc(/C=C/C(=O)Nc2ccc(F)cc2NC(=O)OC(C)(C)C)n1. The number of carbonyl (C=O) groups excluding carboxylic acids is 2. The van der Waals surface area contributed by atoms with E-state index in [9.17, 15) is 14.0 Å². The Bertz CT molecular complexity index is 837. The highest BCUT2D eigenvalue weighted by Crippen LogP contribution is 2.24. The van der Waals surface area contributed by atoms with Crippen LogP contribution < -0.4 is 10.6 Å². The maximum Gasteiger partial charge on any atom is 0.412 e. The number of rotatable bonds is 4. The van der Waals surface area contributed by atoms with Crippen LogP contribution in [0.25, 0.3) is 6.08 Å². The van der Waals surface area contributed by atoms with Gasteiger partial charge < -0.3 is 10.1 Å². The van der Waals surface area contributed by atoms with Gasteiger partial charge in [-0.25, -0.2) is 9.18 Å². The molecule has 8 heteroatoms. The van der Waals surface area contributed by atoms with E-state index >= 15 is 0 Å². The van der Waals surface area contributed by atoms with Crippen LogP contribution in [0.2, 0.25) is 0 Å². The minimum absolute atomic E-state index is 0.0961. The molecule has 7 nitrogen and oxygen atoms in total. The van der Waals surface area contributed by atoms with E-state index < -0.39 is 23.4 Å². The average Bonchev–Trinajstić information content (AvgIpc) is 2.91. The van der Waals surface area contributed by atoms with Gasteiger partial charge in [-0.05, 0) is 51.1 Å².